The third-order valence-corrected chi connectivity index (χ3v) is 4.88. The molecule has 1 heterocycles. The van der Waals surface area contributed by atoms with Crippen molar-refractivity contribution in [2.75, 3.05) is 0 Å². The fourth-order valence-electron chi connectivity index (χ4n) is 3.36. The average molecular weight is 363 g/mol. The number of esters is 1. The van der Waals surface area contributed by atoms with Crippen LogP contribution in [0.5, 0.6) is 0 Å². The number of aromatic nitrogens is 1. The van der Waals surface area contributed by atoms with Crippen LogP contribution in [0.1, 0.15) is 97.3 Å². The van der Waals surface area contributed by atoms with Crippen LogP contribution in [-0.4, -0.2) is 12.1 Å². The van der Waals surface area contributed by atoms with Crippen molar-refractivity contribution in [2.45, 2.75) is 110 Å². The molecule has 0 aliphatic heterocycles. The molecular formula is C23H40NO2+. The maximum Gasteiger partial charge on any atom is 0.372 e. The molecule has 26 heavy (non-hydrogen) atoms. The lowest BCUT2D eigenvalue weighted by Crippen LogP contribution is -2.38. The molecule has 0 aromatic carbocycles. The van der Waals surface area contributed by atoms with E-state index in [1.807, 2.05) is 35.2 Å². The van der Waals surface area contributed by atoms with Crippen LogP contribution in [0, 0.1) is 0 Å². The Kier molecular flexibility index (Phi) is 13.8. The number of hydrogen-bond acceptors (Lipinski definition) is 2. The number of carbonyl (C=O) groups excluding carboxylic acids is 1. The molecule has 1 aromatic rings. The molecule has 0 fully saturated rings. The Morgan fingerprint density at radius 3 is 1.92 bits per heavy atom. The SMILES string of the molecule is CCCCCCCCCCCCC(CCC)OC(=O)C[n+]1ccccc1. The summed E-state index contributed by atoms with van der Waals surface area (Å²) in [6, 6.07) is 5.81. The minimum atomic E-state index is -0.119. The first-order valence-electron chi connectivity index (χ1n) is 10.9. The highest BCUT2D eigenvalue weighted by atomic mass is 16.5. The molecule has 0 aliphatic carbocycles. The van der Waals surface area contributed by atoms with Crippen molar-refractivity contribution in [3.05, 3.63) is 30.6 Å². The van der Waals surface area contributed by atoms with Gasteiger partial charge in [0.05, 0.1) is 0 Å². The Morgan fingerprint density at radius 1 is 0.769 bits per heavy atom. The van der Waals surface area contributed by atoms with Crippen LogP contribution in [-0.2, 0) is 16.1 Å². The summed E-state index contributed by atoms with van der Waals surface area (Å²) in [6.45, 7) is 4.73. The summed E-state index contributed by atoms with van der Waals surface area (Å²) < 4.78 is 7.58. The van der Waals surface area contributed by atoms with Gasteiger partial charge in [0, 0.05) is 12.1 Å². The minimum Gasteiger partial charge on any atom is -0.458 e. The van der Waals surface area contributed by atoms with Crippen molar-refractivity contribution in [2.24, 2.45) is 0 Å². The summed E-state index contributed by atoms with van der Waals surface area (Å²) in [6.07, 6.45) is 20.4. The van der Waals surface area contributed by atoms with Crippen molar-refractivity contribution >= 4 is 5.97 Å². The molecule has 0 amide bonds. The van der Waals surface area contributed by atoms with Crippen molar-refractivity contribution < 1.29 is 14.1 Å². The lowest BCUT2D eigenvalue weighted by Gasteiger charge is -2.16. The number of pyridine rings is 1. The van der Waals surface area contributed by atoms with E-state index < -0.39 is 0 Å². The Hall–Kier alpha value is -1.38. The van der Waals surface area contributed by atoms with Crippen molar-refractivity contribution in [1.29, 1.82) is 0 Å². The molecule has 148 valence electrons. The lowest BCUT2D eigenvalue weighted by atomic mass is 10.0. The predicted octanol–water partition coefficient (Wildman–Crippen LogP) is 6.00. The van der Waals surface area contributed by atoms with Crippen LogP contribution in [0.25, 0.3) is 0 Å². The van der Waals surface area contributed by atoms with E-state index in [-0.39, 0.29) is 12.1 Å². The van der Waals surface area contributed by atoms with Gasteiger partial charge in [-0.3, -0.25) is 0 Å². The molecule has 0 spiro atoms. The summed E-state index contributed by atoms with van der Waals surface area (Å²) in [5.41, 5.74) is 0. The molecule has 1 unspecified atom stereocenters. The molecule has 0 saturated carbocycles. The molecule has 0 aliphatic rings. The molecule has 3 nitrogen and oxygen atoms in total. The van der Waals surface area contributed by atoms with E-state index in [0.717, 1.165) is 19.3 Å². The number of carbonyl (C=O) groups is 1. The van der Waals surface area contributed by atoms with Gasteiger partial charge in [-0.25, -0.2) is 4.79 Å². The second kappa shape index (κ2) is 15.8. The second-order valence-corrected chi connectivity index (χ2v) is 7.42. The lowest BCUT2D eigenvalue weighted by molar-refractivity contribution is -0.686. The Morgan fingerprint density at radius 2 is 1.35 bits per heavy atom. The number of nitrogens with zero attached hydrogens (tertiary/aromatic N) is 1. The predicted molar refractivity (Wildman–Crippen MR) is 108 cm³/mol. The van der Waals surface area contributed by atoms with Crippen LogP contribution >= 0.6 is 0 Å². The van der Waals surface area contributed by atoms with Crippen LogP contribution in [0.3, 0.4) is 0 Å². The zero-order chi connectivity index (χ0) is 18.9. The first-order valence-corrected chi connectivity index (χ1v) is 10.9. The fourth-order valence-corrected chi connectivity index (χ4v) is 3.36. The van der Waals surface area contributed by atoms with E-state index in [1.54, 1.807) is 0 Å². The van der Waals surface area contributed by atoms with E-state index in [1.165, 1.54) is 64.2 Å². The molecule has 0 N–H and O–H groups in total. The quantitative estimate of drug-likeness (QED) is 0.205. The number of hydrogen-bond donors (Lipinski definition) is 0. The highest BCUT2D eigenvalue weighted by Crippen LogP contribution is 2.15. The van der Waals surface area contributed by atoms with Crippen LogP contribution in [0.15, 0.2) is 30.6 Å². The molecule has 0 saturated heterocycles. The number of ether oxygens (including phenoxy) is 1. The van der Waals surface area contributed by atoms with Crippen molar-refractivity contribution in [3.8, 4) is 0 Å². The van der Waals surface area contributed by atoms with Gasteiger partial charge in [0.25, 0.3) is 0 Å². The zero-order valence-corrected chi connectivity index (χ0v) is 17.1. The van der Waals surface area contributed by atoms with Gasteiger partial charge in [-0.15, -0.1) is 0 Å². The van der Waals surface area contributed by atoms with Gasteiger partial charge in [-0.1, -0.05) is 84.1 Å². The topological polar surface area (TPSA) is 30.2 Å². The third kappa shape index (κ3) is 12.1. The van der Waals surface area contributed by atoms with Crippen LogP contribution in [0.4, 0.5) is 0 Å². The Labute approximate surface area is 161 Å². The van der Waals surface area contributed by atoms with E-state index in [2.05, 4.69) is 13.8 Å². The third-order valence-electron chi connectivity index (χ3n) is 4.88. The van der Waals surface area contributed by atoms with E-state index in [0.29, 0.717) is 6.54 Å². The van der Waals surface area contributed by atoms with Crippen molar-refractivity contribution in [3.63, 3.8) is 0 Å². The standard InChI is InChI=1S/C23H40NO2/c1-3-5-6-7-8-9-10-11-12-14-18-22(17-4-2)26-23(25)21-24-19-15-13-16-20-24/h13,15-16,19-20,22H,3-12,14,17-18,21H2,1-2H3/q+1. The van der Waals surface area contributed by atoms with Crippen LogP contribution in [0.2, 0.25) is 0 Å². The van der Waals surface area contributed by atoms with Gasteiger partial charge in [-0.2, -0.15) is 4.57 Å². The van der Waals surface area contributed by atoms with Gasteiger partial charge < -0.3 is 4.74 Å². The normalized spacial score (nSPS) is 12.1. The fraction of sp³-hybridized carbons (Fsp3) is 0.739. The maximum atomic E-state index is 12.1. The van der Waals surface area contributed by atoms with E-state index in [4.69, 9.17) is 4.74 Å². The zero-order valence-electron chi connectivity index (χ0n) is 17.1. The summed E-state index contributed by atoms with van der Waals surface area (Å²) in [5, 5.41) is 0. The number of unbranched alkanes of at least 4 members (excludes halogenated alkanes) is 9. The Balaban J connectivity index is 2.10. The second-order valence-electron chi connectivity index (χ2n) is 7.42. The monoisotopic (exact) mass is 362 g/mol. The molecule has 0 bridgehead atoms. The van der Waals surface area contributed by atoms with Gasteiger partial charge >= 0.3 is 5.97 Å². The largest absolute Gasteiger partial charge is 0.458 e. The first-order chi connectivity index (χ1) is 12.8. The number of rotatable bonds is 16. The summed E-state index contributed by atoms with van der Waals surface area (Å²) in [7, 11) is 0. The Bertz CT molecular complexity index is 447. The van der Waals surface area contributed by atoms with E-state index >= 15 is 0 Å². The molecule has 3 heteroatoms. The molecule has 1 rings (SSSR count). The first kappa shape index (κ1) is 22.7. The van der Waals surface area contributed by atoms with Crippen LogP contribution < -0.4 is 4.57 Å². The smallest absolute Gasteiger partial charge is 0.372 e. The summed E-state index contributed by atoms with van der Waals surface area (Å²) >= 11 is 0. The van der Waals surface area contributed by atoms with Gasteiger partial charge in [-0.05, 0) is 19.3 Å². The van der Waals surface area contributed by atoms with Gasteiger partial charge in [0.1, 0.15) is 6.10 Å². The van der Waals surface area contributed by atoms with Gasteiger partial charge in [0.2, 0.25) is 6.54 Å². The minimum absolute atomic E-state index is 0.0888. The molecule has 1 aromatic heterocycles. The molecule has 1 atom stereocenters. The van der Waals surface area contributed by atoms with Crippen molar-refractivity contribution in [1.82, 2.24) is 0 Å². The molecule has 0 radical (unpaired) electrons. The maximum absolute atomic E-state index is 12.1. The summed E-state index contributed by atoms with van der Waals surface area (Å²) in [4.78, 5) is 12.1. The molecular weight excluding hydrogens is 322 g/mol. The summed E-state index contributed by atoms with van der Waals surface area (Å²) in [5.74, 6) is -0.119. The van der Waals surface area contributed by atoms with Gasteiger partial charge in [0.15, 0.2) is 12.4 Å². The van der Waals surface area contributed by atoms with E-state index in [9.17, 15) is 4.79 Å². The highest BCUT2D eigenvalue weighted by molar-refractivity contribution is 5.67. The average Bonchev–Trinajstić information content (AvgIpc) is 2.64. The highest BCUT2D eigenvalue weighted by Gasteiger charge is 2.16.